The van der Waals surface area contributed by atoms with Gasteiger partial charge in [0.2, 0.25) is 0 Å². The molecule has 2 fully saturated rings. The SMILES string of the molecule is OC[C@@H]1O[C@@H]2O[C@H]1CN(C/C=C/c1ccccc1)[C@@H]2Cc1ccccc1. The predicted molar refractivity (Wildman–Crippen MR) is 102 cm³/mol. The van der Waals surface area contributed by atoms with Crippen LogP contribution in [0.15, 0.2) is 66.7 Å². The van der Waals surface area contributed by atoms with Gasteiger partial charge in [-0.25, -0.2) is 0 Å². The number of morpholine rings is 1. The first-order valence-electron chi connectivity index (χ1n) is 9.25. The molecular weight excluding hydrogens is 326 g/mol. The van der Waals surface area contributed by atoms with Crippen molar-refractivity contribution in [3.05, 3.63) is 77.9 Å². The van der Waals surface area contributed by atoms with Crippen LogP contribution in [0.25, 0.3) is 6.08 Å². The topological polar surface area (TPSA) is 41.9 Å². The molecule has 2 heterocycles. The number of nitrogens with zero attached hydrogens (tertiary/aromatic N) is 1. The zero-order valence-electron chi connectivity index (χ0n) is 14.8. The molecule has 2 aromatic carbocycles. The quantitative estimate of drug-likeness (QED) is 0.869. The van der Waals surface area contributed by atoms with E-state index in [4.69, 9.17) is 9.47 Å². The van der Waals surface area contributed by atoms with E-state index < -0.39 is 0 Å². The van der Waals surface area contributed by atoms with Crippen molar-refractivity contribution in [3.63, 3.8) is 0 Å². The maximum Gasteiger partial charge on any atom is 0.174 e. The van der Waals surface area contributed by atoms with Crippen LogP contribution in [0.5, 0.6) is 0 Å². The summed E-state index contributed by atoms with van der Waals surface area (Å²) in [5.41, 5.74) is 2.47. The number of hydrogen-bond acceptors (Lipinski definition) is 4. The lowest BCUT2D eigenvalue weighted by atomic mass is 10.0. The summed E-state index contributed by atoms with van der Waals surface area (Å²) in [4.78, 5) is 2.42. The van der Waals surface area contributed by atoms with Crippen LogP contribution in [0.4, 0.5) is 0 Å². The van der Waals surface area contributed by atoms with Crippen LogP contribution in [-0.4, -0.2) is 54.2 Å². The van der Waals surface area contributed by atoms with Crippen LogP contribution in [0.3, 0.4) is 0 Å². The summed E-state index contributed by atoms with van der Waals surface area (Å²) >= 11 is 0. The summed E-state index contributed by atoms with van der Waals surface area (Å²) in [5, 5.41) is 9.56. The average molecular weight is 351 g/mol. The Hall–Kier alpha value is -1.98. The molecule has 2 bridgehead atoms. The van der Waals surface area contributed by atoms with Crippen molar-refractivity contribution in [3.8, 4) is 0 Å². The molecule has 2 aliphatic heterocycles. The monoisotopic (exact) mass is 351 g/mol. The normalized spacial score (nSPS) is 28.7. The van der Waals surface area contributed by atoms with E-state index in [1.54, 1.807) is 0 Å². The molecule has 1 N–H and O–H groups in total. The molecule has 0 aromatic heterocycles. The summed E-state index contributed by atoms with van der Waals surface area (Å²) in [6.07, 6.45) is 4.67. The molecule has 4 rings (SSSR count). The number of ether oxygens (including phenoxy) is 2. The summed E-state index contributed by atoms with van der Waals surface area (Å²) < 4.78 is 12.0. The molecule has 4 atom stereocenters. The van der Waals surface area contributed by atoms with Crippen LogP contribution in [-0.2, 0) is 15.9 Å². The Bertz CT molecular complexity index is 719. The summed E-state index contributed by atoms with van der Waals surface area (Å²) in [6, 6.07) is 20.9. The molecule has 0 aliphatic carbocycles. The molecule has 136 valence electrons. The minimum Gasteiger partial charge on any atom is -0.394 e. The van der Waals surface area contributed by atoms with Crippen molar-refractivity contribution in [2.24, 2.45) is 0 Å². The maximum absolute atomic E-state index is 9.56. The molecule has 4 heteroatoms. The maximum atomic E-state index is 9.56. The lowest BCUT2D eigenvalue weighted by Gasteiger charge is -2.38. The Kier molecular flexibility index (Phi) is 5.46. The second-order valence-electron chi connectivity index (χ2n) is 6.92. The average Bonchev–Trinajstić information content (AvgIpc) is 3.04. The van der Waals surface area contributed by atoms with Crippen molar-refractivity contribution >= 4 is 6.08 Å². The molecule has 0 amide bonds. The van der Waals surface area contributed by atoms with Gasteiger partial charge in [0.25, 0.3) is 0 Å². The van der Waals surface area contributed by atoms with Crippen LogP contribution in [0.2, 0.25) is 0 Å². The first-order valence-corrected chi connectivity index (χ1v) is 9.25. The zero-order chi connectivity index (χ0) is 17.8. The Morgan fingerprint density at radius 1 is 1.00 bits per heavy atom. The van der Waals surface area contributed by atoms with Gasteiger partial charge in [-0.15, -0.1) is 0 Å². The number of benzene rings is 2. The van der Waals surface area contributed by atoms with Crippen molar-refractivity contribution in [1.82, 2.24) is 4.90 Å². The van der Waals surface area contributed by atoms with E-state index in [0.29, 0.717) is 0 Å². The Balaban J connectivity index is 1.49. The minimum absolute atomic E-state index is 0.00686. The fourth-order valence-corrected chi connectivity index (χ4v) is 3.77. The third-order valence-corrected chi connectivity index (χ3v) is 5.15. The van der Waals surface area contributed by atoms with Gasteiger partial charge < -0.3 is 14.6 Å². The van der Waals surface area contributed by atoms with Gasteiger partial charge in [-0.05, 0) is 17.5 Å². The smallest absolute Gasteiger partial charge is 0.174 e. The third kappa shape index (κ3) is 3.89. The van der Waals surface area contributed by atoms with E-state index in [1.165, 1.54) is 11.1 Å². The lowest BCUT2D eigenvalue weighted by molar-refractivity contribution is -0.145. The number of fused-ring (bicyclic) bond motifs is 2. The Morgan fingerprint density at radius 2 is 1.73 bits per heavy atom. The predicted octanol–water partition coefficient (Wildman–Crippen LogP) is 2.73. The zero-order valence-corrected chi connectivity index (χ0v) is 14.8. The van der Waals surface area contributed by atoms with Crippen LogP contribution in [0.1, 0.15) is 11.1 Å². The first-order chi connectivity index (χ1) is 12.8. The van der Waals surface area contributed by atoms with Crippen LogP contribution < -0.4 is 0 Å². The standard InChI is InChI=1S/C22H25NO3/c24-16-21-20-15-23(13-7-12-17-8-3-1-4-9-17)19(22(25-20)26-21)14-18-10-5-2-6-11-18/h1-12,19-22,24H,13-16H2/b12-7+/t19-,20+,21+,22+/m1/s1. The van der Waals surface area contributed by atoms with E-state index in [1.807, 2.05) is 24.3 Å². The molecule has 0 spiro atoms. The van der Waals surface area contributed by atoms with Gasteiger partial charge in [0.15, 0.2) is 6.29 Å². The number of hydrogen-bond donors (Lipinski definition) is 1. The van der Waals surface area contributed by atoms with Crippen molar-refractivity contribution in [2.45, 2.75) is 31.0 Å². The highest BCUT2D eigenvalue weighted by Crippen LogP contribution is 2.31. The largest absolute Gasteiger partial charge is 0.394 e. The number of aliphatic hydroxyl groups is 1. The molecule has 2 aromatic rings. The van der Waals surface area contributed by atoms with Crippen LogP contribution >= 0.6 is 0 Å². The molecule has 0 radical (unpaired) electrons. The van der Waals surface area contributed by atoms with Gasteiger partial charge in [0, 0.05) is 13.1 Å². The molecule has 2 aliphatic rings. The van der Waals surface area contributed by atoms with Gasteiger partial charge in [-0.3, -0.25) is 4.90 Å². The van der Waals surface area contributed by atoms with Gasteiger partial charge >= 0.3 is 0 Å². The minimum atomic E-state index is -0.281. The highest BCUT2D eigenvalue weighted by Gasteiger charge is 2.47. The van der Waals surface area contributed by atoms with Gasteiger partial charge in [-0.2, -0.15) is 0 Å². The fraction of sp³-hybridized carbons (Fsp3) is 0.364. The second kappa shape index (κ2) is 8.14. The second-order valence-corrected chi connectivity index (χ2v) is 6.92. The highest BCUT2D eigenvalue weighted by atomic mass is 16.7. The van der Waals surface area contributed by atoms with Crippen molar-refractivity contribution in [2.75, 3.05) is 19.7 Å². The van der Waals surface area contributed by atoms with Gasteiger partial charge in [-0.1, -0.05) is 72.8 Å². The fourth-order valence-electron chi connectivity index (χ4n) is 3.77. The Morgan fingerprint density at radius 3 is 2.46 bits per heavy atom. The van der Waals surface area contributed by atoms with Gasteiger partial charge in [0.1, 0.15) is 12.2 Å². The Labute approximate surface area is 154 Å². The molecule has 26 heavy (non-hydrogen) atoms. The van der Waals surface area contributed by atoms with Crippen LogP contribution in [0, 0.1) is 0 Å². The van der Waals surface area contributed by atoms with Gasteiger partial charge in [0.05, 0.1) is 12.6 Å². The van der Waals surface area contributed by atoms with Crippen molar-refractivity contribution < 1.29 is 14.6 Å². The first kappa shape index (κ1) is 17.4. The van der Waals surface area contributed by atoms with E-state index in [9.17, 15) is 5.11 Å². The van der Waals surface area contributed by atoms with E-state index >= 15 is 0 Å². The van der Waals surface area contributed by atoms with E-state index in [0.717, 1.165) is 19.5 Å². The summed E-state index contributed by atoms with van der Waals surface area (Å²) in [5.74, 6) is 0. The lowest BCUT2D eigenvalue weighted by Crippen LogP contribution is -2.52. The summed E-state index contributed by atoms with van der Waals surface area (Å²) in [7, 11) is 0. The molecule has 2 saturated heterocycles. The number of aliphatic hydroxyl groups excluding tert-OH is 1. The highest BCUT2D eigenvalue weighted by molar-refractivity contribution is 5.48. The number of rotatable bonds is 6. The third-order valence-electron chi connectivity index (χ3n) is 5.15. The summed E-state index contributed by atoms with van der Waals surface area (Å²) in [6.45, 7) is 1.62. The molecular formula is C22H25NO3. The molecule has 0 saturated carbocycles. The molecule has 4 nitrogen and oxygen atoms in total. The van der Waals surface area contributed by atoms with E-state index in [-0.39, 0.29) is 31.1 Å². The molecule has 0 unspecified atom stereocenters. The van der Waals surface area contributed by atoms with E-state index in [2.05, 4.69) is 53.5 Å². The van der Waals surface area contributed by atoms with Crippen molar-refractivity contribution in [1.29, 1.82) is 0 Å².